The van der Waals surface area contributed by atoms with Gasteiger partial charge in [0.05, 0.1) is 6.10 Å². The standard InChI is InChI=1S/C14H20O/c1-3-4-5-6-7-14(15)13-10-8-12(2)9-11-13/h5-6,8-11,14-15H,3-4,7H2,1-2H3/b6-5+/t14-/m0/s1. The molecule has 0 unspecified atom stereocenters. The van der Waals surface area contributed by atoms with Gasteiger partial charge >= 0.3 is 0 Å². The summed E-state index contributed by atoms with van der Waals surface area (Å²) in [7, 11) is 0. The molecule has 0 saturated heterocycles. The molecular formula is C14H20O. The topological polar surface area (TPSA) is 20.2 Å². The molecule has 0 amide bonds. The molecule has 0 aliphatic rings. The minimum atomic E-state index is -0.362. The first-order chi connectivity index (χ1) is 7.24. The van der Waals surface area contributed by atoms with E-state index in [1.807, 2.05) is 24.3 Å². The Hall–Kier alpha value is -1.08. The van der Waals surface area contributed by atoms with Crippen molar-refractivity contribution in [3.05, 3.63) is 47.5 Å². The lowest BCUT2D eigenvalue weighted by Gasteiger charge is -2.08. The lowest BCUT2D eigenvalue weighted by molar-refractivity contribution is 0.181. The van der Waals surface area contributed by atoms with E-state index in [2.05, 4.69) is 26.0 Å². The van der Waals surface area contributed by atoms with Crippen LogP contribution >= 0.6 is 0 Å². The van der Waals surface area contributed by atoms with Crippen LogP contribution in [0.25, 0.3) is 0 Å². The predicted octanol–water partition coefficient (Wildman–Crippen LogP) is 3.77. The van der Waals surface area contributed by atoms with E-state index in [-0.39, 0.29) is 6.10 Å². The highest BCUT2D eigenvalue weighted by Gasteiger charge is 2.03. The second kappa shape index (κ2) is 6.41. The lowest BCUT2D eigenvalue weighted by Crippen LogP contribution is -1.95. The van der Waals surface area contributed by atoms with Crippen LogP contribution in [0.15, 0.2) is 36.4 Å². The molecule has 0 heterocycles. The van der Waals surface area contributed by atoms with Gasteiger partial charge in [-0.1, -0.05) is 55.3 Å². The van der Waals surface area contributed by atoms with E-state index in [0.717, 1.165) is 18.4 Å². The molecule has 0 aliphatic carbocycles. The number of hydrogen-bond acceptors (Lipinski definition) is 1. The van der Waals surface area contributed by atoms with Gasteiger partial charge in [-0.3, -0.25) is 0 Å². The van der Waals surface area contributed by atoms with Gasteiger partial charge in [0.1, 0.15) is 0 Å². The van der Waals surface area contributed by atoms with Crippen molar-refractivity contribution in [2.75, 3.05) is 0 Å². The van der Waals surface area contributed by atoms with E-state index < -0.39 is 0 Å². The molecule has 0 saturated carbocycles. The molecule has 1 aromatic rings. The Balaban J connectivity index is 2.46. The molecular weight excluding hydrogens is 184 g/mol. The van der Waals surface area contributed by atoms with Crippen LogP contribution in [0.1, 0.15) is 43.4 Å². The third kappa shape index (κ3) is 4.30. The maximum absolute atomic E-state index is 9.86. The highest BCUT2D eigenvalue weighted by molar-refractivity contribution is 5.23. The Morgan fingerprint density at radius 2 is 1.87 bits per heavy atom. The molecule has 1 rings (SSSR count). The molecule has 0 fully saturated rings. The molecule has 1 heteroatoms. The van der Waals surface area contributed by atoms with Crippen LogP contribution in [-0.4, -0.2) is 5.11 Å². The summed E-state index contributed by atoms with van der Waals surface area (Å²) in [6.07, 6.45) is 6.81. The molecule has 0 spiro atoms. The maximum Gasteiger partial charge on any atom is 0.0824 e. The van der Waals surface area contributed by atoms with Crippen LogP contribution in [-0.2, 0) is 0 Å². The Morgan fingerprint density at radius 3 is 2.47 bits per heavy atom. The van der Waals surface area contributed by atoms with Gasteiger partial charge in [0.25, 0.3) is 0 Å². The van der Waals surface area contributed by atoms with Gasteiger partial charge in [-0.2, -0.15) is 0 Å². The Morgan fingerprint density at radius 1 is 1.20 bits per heavy atom. The van der Waals surface area contributed by atoms with Crippen molar-refractivity contribution >= 4 is 0 Å². The van der Waals surface area contributed by atoms with E-state index in [9.17, 15) is 5.11 Å². The zero-order valence-electron chi connectivity index (χ0n) is 9.61. The quantitative estimate of drug-likeness (QED) is 0.724. The number of aliphatic hydroxyl groups excluding tert-OH is 1. The fraction of sp³-hybridized carbons (Fsp3) is 0.429. The maximum atomic E-state index is 9.86. The Labute approximate surface area is 92.5 Å². The van der Waals surface area contributed by atoms with Crippen molar-refractivity contribution in [2.45, 2.75) is 39.2 Å². The molecule has 82 valence electrons. The highest BCUT2D eigenvalue weighted by Crippen LogP contribution is 2.17. The van der Waals surface area contributed by atoms with E-state index in [1.54, 1.807) is 0 Å². The van der Waals surface area contributed by atoms with Crippen molar-refractivity contribution < 1.29 is 5.11 Å². The molecule has 1 atom stereocenters. The smallest absolute Gasteiger partial charge is 0.0824 e. The minimum Gasteiger partial charge on any atom is -0.388 e. The second-order valence-electron chi connectivity index (χ2n) is 3.92. The van der Waals surface area contributed by atoms with Gasteiger partial charge in [0.2, 0.25) is 0 Å². The highest BCUT2D eigenvalue weighted by atomic mass is 16.3. The summed E-state index contributed by atoms with van der Waals surface area (Å²) in [4.78, 5) is 0. The van der Waals surface area contributed by atoms with Crippen LogP contribution in [0.2, 0.25) is 0 Å². The van der Waals surface area contributed by atoms with E-state index in [4.69, 9.17) is 0 Å². The monoisotopic (exact) mass is 204 g/mol. The first kappa shape index (κ1) is 12.0. The van der Waals surface area contributed by atoms with Crippen molar-refractivity contribution in [1.29, 1.82) is 0 Å². The number of unbranched alkanes of at least 4 members (excludes halogenated alkanes) is 1. The van der Waals surface area contributed by atoms with Crippen LogP contribution in [0, 0.1) is 6.92 Å². The molecule has 0 aromatic heterocycles. The first-order valence-corrected chi connectivity index (χ1v) is 5.63. The molecule has 0 bridgehead atoms. The van der Waals surface area contributed by atoms with Crippen molar-refractivity contribution in [1.82, 2.24) is 0 Å². The molecule has 1 aromatic carbocycles. The number of aliphatic hydroxyl groups is 1. The van der Waals surface area contributed by atoms with Crippen LogP contribution in [0.5, 0.6) is 0 Å². The molecule has 0 radical (unpaired) electrons. The molecule has 1 N–H and O–H groups in total. The zero-order valence-corrected chi connectivity index (χ0v) is 9.61. The Bertz CT molecular complexity index is 298. The second-order valence-corrected chi connectivity index (χ2v) is 3.92. The minimum absolute atomic E-state index is 0.362. The fourth-order valence-electron chi connectivity index (χ4n) is 1.43. The molecule has 15 heavy (non-hydrogen) atoms. The first-order valence-electron chi connectivity index (χ1n) is 5.63. The normalized spacial score (nSPS) is 13.3. The summed E-state index contributed by atoms with van der Waals surface area (Å²) in [6.45, 7) is 4.21. The van der Waals surface area contributed by atoms with E-state index in [1.165, 1.54) is 5.56 Å². The molecule has 0 aliphatic heterocycles. The molecule has 1 nitrogen and oxygen atoms in total. The van der Waals surface area contributed by atoms with Crippen molar-refractivity contribution in [3.8, 4) is 0 Å². The number of hydrogen-bond donors (Lipinski definition) is 1. The third-order valence-electron chi connectivity index (χ3n) is 2.44. The number of aryl methyl sites for hydroxylation is 1. The fourth-order valence-corrected chi connectivity index (χ4v) is 1.43. The predicted molar refractivity (Wildman–Crippen MR) is 64.8 cm³/mol. The van der Waals surface area contributed by atoms with Crippen LogP contribution < -0.4 is 0 Å². The van der Waals surface area contributed by atoms with Gasteiger partial charge in [0, 0.05) is 0 Å². The zero-order chi connectivity index (χ0) is 11.1. The van der Waals surface area contributed by atoms with E-state index in [0.29, 0.717) is 6.42 Å². The summed E-state index contributed by atoms with van der Waals surface area (Å²) >= 11 is 0. The van der Waals surface area contributed by atoms with E-state index >= 15 is 0 Å². The SMILES string of the molecule is CCC/C=C/C[C@H](O)c1ccc(C)cc1. The van der Waals surface area contributed by atoms with Gasteiger partial charge in [-0.25, -0.2) is 0 Å². The number of rotatable bonds is 5. The number of allylic oxidation sites excluding steroid dienone is 1. The summed E-state index contributed by atoms with van der Waals surface area (Å²) in [5.74, 6) is 0. The van der Waals surface area contributed by atoms with Crippen molar-refractivity contribution in [2.24, 2.45) is 0 Å². The van der Waals surface area contributed by atoms with Crippen LogP contribution in [0.4, 0.5) is 0 Å². The lowest BCUT2D eigenvalue weighted by atomic mass is 10.0. The summed E-state index contributed by atoms with van der Waals surface area (Å²) in [6, 6.07) is 8.06. The average Bonchev–Trinajstić information content (AvgIpc) is 2.25. The van der Waals surface area contributed by atoms with Gasteiger partial charge < -0.3 is 5.11 Å². The van der Waals surface area contributed by atoms with Gasteiger partial charge in [-0.15, -0.1) is 0 Å². The largest absolute Gasteiger partial charge is 0.388 e. The van der Waals surface area contributed by atoms with Gasteiger partial charge in [-0.05, 0) is 25.3 Å². The number of benzene rings is 1. The van der Waals surface area contributed by atoms with Gasteiger partial charge in [0.15, 0.2) is 0 Å². The Kier molecular flexibility index (Phi) is 5.13. The third-order valence-corrected chi connectivity index (χ3v) is 2.44. The van der Waals surface area contributed by atoms with Crippen LogP contribution in [0.3, 0.4) is 0 Å². The summed E-state index contributed by atoms with van der Waals surface area (Å²) in [5.41, 5.74) is 2.23. The summed E-state index contributed by atoms with van der Waals surface area (Å²) in [5, 5.41) is 9.86. The summed E-state index contributed by atoms with van der Waals surface area (Å²) < 4.78 is 0. The van der Waals surface area contributed by atoms with Crippen molar-refractivity contribution in [3.63, 3.8) is 0 Å². The average molecular weight is 204 g/mol.